The second kappa shape index (κ2) is 6.52. The van der Waals surface area contributed by atoms with E-state index in [1.54, 1.807) is 7.11 Å². The van der Waals surface area contributed by atoms with Crippen molar-refractivity contribution in [3.05, 3.63) is 23.0 Å². The zero-order valence-corrected chi connectivity index (χ0v) is 12.4. The van der Waals surface area contributed by atoms with Gasteiger partial charge in [-0.25, -0.2) is 0 Å². The van der Waals surface area contributed by atoms with E-state index in [1.165, 1.54) is 0 Å². The first-order valence-corrected chi connectivity index (χ1v) is 6.50. The summed E-state index contributed by atoms with van der Waals surface area (Å²) in [7, 11) is 1.69. The molecular formula is C14H24N4O. The van der Waals surface area contributed by atoms with Crippen LogP contribution in [0, 0.1) is 19.3 Å². The lowest BCUT2D eigenvalue weighted by Crippen LogP contribution is -2.38. The van der Waals surface area contributed by atoms with Gasteiger partial charge < -0.3 is 15.4 Å². The molecule has 5 heteroatoms. The fourth-order valence-electron chi connectivity index (χ4n) is 2.42. The van der Waals surface area contributed by atoms with Gasteiger partial charge in [-0.1, -0.05) is 0 Å². The van der Waals surface area contributed by atoms with E-state index in [9.17, 15) is 0 Å². The smallest absolute Gasteiger partial charge is 0.126 e. The van der Waals surface area contributed by atoms with E-state index >= 15 is 0 Å². The largest absolute Gasteiger partial charge is 0.384 e. The van der Waals surface area contributed by atoms with Crippen LogP contribution >= 0.6 is 0 Å². The van der Waals surface area contributed by atoms with Gasteiger partial charge in [-0.15, -0.1) is 0 Å². The quantitative estimate of drug-likeness (QED) is 0.607. The number of aromatic nitrogens is 1. The number of aryl methyl sites for hydroxylation is 2. The summed E-state index contributed by atoms with van der Waals surface area (Å²) >= 11 is 0. The Hall–Kier alpha value is -1.62. The summed E-state index contributed by atoms with van der Waals surface area (Å²) in [5.74, 6) is 0.0584. The van der Waals surface area contributed by atoms with Crippen molar-refractivity contribution >= 4 is 11.5 Å². The van der Waals surface area contributed by atoms with Gasteiger partial charge in [-0.2, -0.15) is 0 Å². The van der Waals surface area contributed by atoms with Crippen molar-refractivity contribution in [3.63, 3.8) is 0 Å². The van der Waals surface area contributed by atoms with Crippen molar-refractivity contribution in [2.45, 2.75) is 33.7 Å². The lowest BCUT2D eigenvalue weighted by molar-refractivity contribution is 0.182. The fourth-order valence-corrected chi connectivity index (χ4v) is 2.42. The number of methoxy groups -OCH3 is 1. The van der Waals surface area contributed by atoms with Gasteiger partial charge in [0.1, 0.15) is 5.84 Å². The molecule has 0 aliphatic rings. The molecule has 1 unspecified atom stereocenters. The molecule has 0 bridgehead atoms. The molecule has 19 heavy (non-hydrogen) atoms. The van der Waals surface area contributed by atoms with Crippen LogP contribution in [-0.4, -0.2) is 37.1 Å². The minimum absolute atomic E-state index is 0.0584. The summed E-state index contributed by atoms with van der Waals surface area (Å²) in [6.07, 6.45) is 0. The number of anilines is 1. The second-order valence-corrected chi connectivity index (χ2v) is 4.75. The number of rotatable bonds is 6. The molecule has 0 fully saturated rings. The second-order valence-electron chi connectivity index (χ2n) is 4.75. The fraction of sp³-hybridized carbons (Fsp3) is 0.571. The third kappa shape index (κ3) is 3.44. The monoisotopic (exact) mass is 264 g/mol. The maximum atomic E-state index is 7.78. The van der Waals surface area contributed by atoms with Gasteiger partial charge in [0.25, 0.3) is 0 Å². The van der Waals surface area contributed by atoms with Crippen LogP contribution < -0.4 is 10.6 Å². The lowest BCUT2D eigenvalue weighted by atomic mass is 10.1. The minimum Gasteiger partial charge on any atom is -0.384 e. The van der Waals surface area contributed by atoms with Crippen molar-refractivity contribution in [3.8, 4) is 0 Å². The van der Waals surface area contributed by atoms with Crippen LogP contribution in [0.1, 0.15) is 30.8 Å². The summed E-state index contributed by atoms with van der Waals surface area (Å²) < 4.78 is 5.23. The number of nitrogens with one attached hydrogen (secondary N) is 1. The maximum Gasteiger partial charge on any atom is 0.126 e. The van der Waals surface area contributed by atoms with E-state index in [-0.39, 0.29) is 11.9 Å². The SMILES string of the molecule is CCN(c1cc(C)nc(C)c1C(=N)N)C(C)COC. The third-order valence-electron chi connectivity index (χ3n) is 3.17. The lowest BCUT2D eigenvalue weighted by Gasteiger charge is -2.32. The first kappa shape index (κ1) is 15.4. The number of nitrogens with zero attached hydrogens (tertiary/aromatic N) is 2. The molecule has 1 atom stereocenters. The highest BCUT2D eigenvalue weighted by molar-refractivity contribution is 6.01. The Balaban J connectivity index is 3.33. The highest BCUT2D eigenvalue weighted by atomic mass is 16.5. The van der Waals surface area contributed by atoms with Gasteiger partial charge >= 0.3 is 0 Å². The average molecular weight is 264 g/mol. The standard InChI is InChI=1S/C14H24N4O/c1-6-18(10(3)8-19-5)12-7-9(2)17-11(4)13(12)14(15)16/h7,10H,6,8H2,1-5H3,(H3,15,16). The molecule has 1 aromatic rings. The van der Waals surface area contributed by atoms with Gasteiger partial charge in [-0.05, 0) is 33.8 Å². The number of ether oxygens (including phenoxy) is 1. The van der Waals surface area contributed by atoms with Gasteiger partial charge in [0.2, 0.25) is 0 Å². The van der Waals surface area contributed by atoms with Crippen LogP contribution in [0.5, 0.6) is 0 Å². The summed E-state index contributed by atoms with van der Waals surface area (Å²) in [4.78, 5) is 6.60. The Morgan fingerprint density at radius 1 is 1.53 bits per heavy atom. The van der Waals surface area contributed by atoms with Gasteiger partial charge in [-0.3, -0.25) is 10.4 Å². The number of amidine groups is 1. The zero-order valence-electron chi connectivity index (χ0n) is 12.4. The van der Waals surface area contributed by atoms with Crippen LogP contribution in [-0.2, 0) is 4.74 Å². The van der Waals surface area contributed by atoms with Gasteiger partial charge in [0.05, 0.1) is 23.6 Å². The number of nitrogen functional groups attached to an aromatic ring is 1. The minimum atomic E-state index is 0.0584. The number of likely N-dealkylation sites (N-methyl/N-ethyl adjacent to an activating group) is 1. The zero-order chi connectivity index (χ0) is 14.6. The first-order chi connectivity index (χ1) is 8.92. The van der Waals surface area contributed by atoms with E-state index in [0.29, 0.717) is 6.61 Å². The molecule has 0 aliphatic heterocycles. The Kier molecular flexibility index (Phi) is 5.30. The Morgan fingerprint density at radius 2 is 2.16 bits per heavy atom. The number of pyridine rings is 1. The van der Waals surface area contributed by atoms with E-state index in [1.807, 2.05) is 19.9 Å². The van der Waals surface area contributed by atoms with Crippen molar-refractivity contribution in [1.29, 1.82) is 5.41 Å². The number of nitrogens with two attached hydrogens (primary N) is 1. The molecule has 106 valence electrons. The van der Waals surface area contributed by atoms with Crippen LogP contribution in [0.2, 0.25) is 0 Å². The van der Waals surface area contributed by atoms with Crippen LogP contribution in [0.4, 0.5) is 5.69 Å². The number of hydrogen-bond acceptors (Lipinski definition) is 4. The molecular weight excluding hydrogens is 240 g/mol. The topological polar surface area (TPSA) is 75.2 Å². The van der Waals surface area contributed by atoms with Crippen LogP contribution in [0.3, 0.4) is 0 Å². The molecule has 5 nitrogen and oxygen atoms in total. The maximum absolute atomic E-state index is 7.78. The van der Waals surface area contributed by atoms with E-state index < -0.39 is 0 Å². The van der Waals surface area contributed by atoms with E-state index in [2.05, 4.69) is 23.7 Å². The summed E-state index contributed by atoms with van der Waals surface area (Å²) in [5.41, 5.74) is 9.13. The van der Waals surface area contributed by atoms with Crippen molar-refractivity contribution in [2.24, 2.45) is 5.73 Å². The van der Waals surface area contributed by atoms with Crippen molar-refractivity contribution in [1.82, 2.24) is 4.98 Å². The Bertz CT molecular complexity index is 459. The van der Waals surface area contributed by atoms with Crippen LogP contribution in [0.25, 0.3) is 0 Å². The molecule has 0 aliphatic carbocycles. The third-order valence-corrected chi connectivity index (χ3v) is 3.17. The molecule has 0 radical (unpaired) electrons. The van der Waals surface area contributed by atoms with E-state index in [0.717, 1.165) is 29.2 Å². The summed E-state index contributed by atoms with van der Waals surface area (Å²) in [5, 5.41) is 7.78. The molecule has 0 amide bonds. The average Bonchev–Trinajstić information content (AvgIpc) is 2.28. The molecule has 3 N–H and O–H groups in total. The van der Waals surface area contributed by atoms with Gasteiger partial charge in [0, 0.05) is 25.4 Å². The predicted molar refractivity (Wildman–Crippen MR) is 79.1 cm³/mol. The summed E-state index contributed by atoms with van der Waals surface area (Å²) in [6.45, 7) is 9.49. The molecule has 0 saturated carbocycles. The molecule has 0 saturated heterocycles. The molecule has 1 rings (SSSR count). The molecule has 0 aromatic carbocycles. The predicted octanol–water partition coefficient (Wildman–Crippen LogP) is 1.84. The van der Waals surface area contributed by atoms with E-state index in [4.69, 9.17) is 15.9 Å². The molecule has 0 spiro atoms. The highest BCUT2D eigenvalue weighted by Gasteiger charge is 2.20. The Labute approximate surface area is 115 Å². The summed E-state index contributed by atoms with van der Waals surface area (Å²) in [6, 6.07) is 2.20. The number of hydrogen-bond donors (Lipinski definition) is 2. The molecule has 1 heterocycles. The van der Waals surface area contributed by atoms with Crippen molar-refractivity contribution in [2.75, 3.05) is 25.2 Å². The normalized spacial score (nSPS) is 12.3. The molecule has 1 aromatic heterocycles. The Morgan fingerprint density at radius 3 is 2.63 bits per heavy atom. The van der Waals surface area contributed by atoms with Crippen LogP contribution in [0.15, 0.2) is 6.07 Å². The highest BCUT2D eigenvalue weighted by Crippen LogP contribution is 2.25. The first-order valence-electron chi connectivity index (χ1n) is 6.50. The van der Waals surface area contributed by atoms with Crippen molar-refractivity contribution < 1.29 is 4.74 Å². The van der Waals surface area contributed by atoms with Gasteiger partial charge in [0.15, 0.2) is 0 Å².